The molecule has 0 aliphatic carbocycles. The van der Waals surface area contributed by atoms with E-state index in [1.165, 1.54) is 12.8 Å². The van der Waals surface area contributed by atoms with Crippen LogP contribution in [0.2, 0.25) is 0 Å². The summed E-state index contributed by atoms with van der Waals surface area (Å²) in [5, 5.41) is 0. The molecule has 2 aromatic rings. The third-order valence-corrected chi connectivity index (χ3v) is 8.81. The Morgan fingerprint density at radius 3 is 1.24 bits per heavy atom. The molecule has 0 saturated carbocycles. The van der Waals surface area contributed by atoms with Crippen LogP contribution in [0.3, 0.4) is 0 Å². The van der Waals surface area contributed by atoms with Crippen molar-refractivity contribution in [1.82, 2.24) is 0 Å². The smallest absolute Gasteiger partial charge is 0.399 e. The minimum atomic E-state index is -0.357. The lowest BCUT2D eigenvalue weighted by Crippen LogP contribution is -2.41. The first-order valence-corrected chi connectivity index (χ1v) is 13.9. The Bertz CT molecular complexity index is 954. The van der Waals surface area contributed by atoms with Crippen molar-refractivity contribution >= 4 is 36.5 Å². The number of benzene rings is 2. The van der Waals surface area contributed by atoms with Crippen molar-refractivity contribution < 1.29 is 18.6 Å². The topological polar surface area (TPSA) is 40.2 Å². The summed E-state index contributed by atoms with van der Waals surface area (Å²) in [6.45, 7) is 21.3. The highest BCUT2D eigenvalue weighted by Crippen LogP contribution is 2.38. The minimum absolute atomic E-state index is 0.351. The van der Waals surface area contributed by atoms with Gasteiger partial charge in [-0.25, -0.2) is 0 Å². The monoisotopic (exact) mass is 505 g/mol. The number of hydrogen-bond acceptors (Lipinski definition) is 5. The maximum Gasteiger partial charge on any atom is 0.494 e. The van der Waals surface area contributed by atoms with Crippen molar-refractivity contribution in [3.63, 3.8) is 0 Å². The molecule has 0 N–H and O–H groups in total. The number of hydrogen-bond donors (Lipinski definition) is 0. The third kappa shape index (κ3) is 5.52. The van der Waals surface area contributed by atoms with Gasteiger partial charge in [0.1, 0.15) is 0 Å². The molecule has 2 aromatic carbocycles. The van der Waals surface area contributed by atoms with E-state index in [1.54, 1.807) is 0 Å². The van der Waals surface area contributed by atoms with Gasteiger partial charge in [0.15, 0.2) is 0 Å². The van der Waals surface area contributed by atoms with Crippen LogP contribution < -0.4 is 15.8 Å². The van der Waals surface area contributed by atoms with Gasteiger partial charge in [-0.15, -0.1) is 0 Å². The molecular formula is C30H45B2NO4. The normalized spacial score (nSPS) is 22.3. The zero-order chi connectivity index (χ0) is 27.2. The van der Waals surface area contributed by atoms with Crippen molar-refractivity contribution in [3.05, 3.63) is 48.5 Å². The highest BCUT2D eigenvalue weighted by atomic mass is 16.7. The molecule has 2 fully saturated rings. The van der Waals surface area contributed by atoms with Crippen molar-refractivity contribution in [1.29, 1.82) is 0 Å². The molecule has 0 bridgehead atoms. The molecule has 0 amide bonds. The molecular weight excluding hydrogens is 460 g/mol. The predicted molar refractivity (Wildman–Crippen MR) is 155 cm³/mol. The van der Waals surface area contributed by atoms with Crippen LogP contribution in [-0.4, -0.2) is 42.7 Å². The van der Waals surface area contributed by atoms with E-state index in [4.69, 9.17) is 18.6 Å². The average Bonchev–Trinajstić information content (AvgIpc) is 3.18. The number of unbranched alkanes of at least 4 members (excludes halogenated alkanes) is 1. The lowest BCUT2D eigenvalue weighted by atomic mass is 9.79. The highest BCUT2D eigenvalue weighted by molar-refractivity contribution is 6.62. The Hall–Kier alpha value is -1.79. The maximum absolute atomic E-state index is 6.27. The van der Waals surface area contributed by atoms with Crippen LogP contribution in [0, 0.1) is 0 Å². The van der Waals surface area contributed by atoms with E-state index in [9.17, 15) is 0 Å². The molecule has 0 spiro atoms. The number of anilines is 2. The van der Waals surface area contributed by atoms with E-state index >= 15 is 0 Å². The summed E-state index contributed by atoms with van der Waals surface area (Å²) in [5.41, 5.74) is 3.00. The van der Waals surface area contributed by atoms with Crippen molar-refractivity contribution in [2.75, 3.05) is 4.90 Å². The van der Waals surface area contributed by atoms with Crippen LogP contribution in [0.4, 0.5) is 11.4 Å². The fourth-order valence-electron chi connectivity index (χ4n) is 4.83. The predicted octanol–water partition coefficient (Wildman–Crippen LogP) is 6.00. The summed E-state index contributed by atoms with van der Waals surface area (Å²) in [5.74, 6) is 0. The molecule has 37 heavy (non-hydrogen) atoms. The lowest BCUT2D eigenvalue weighted by molar-refractivity contribution is 0.00578. The maximum atomic E-state index is 6.27. The molecule has 5 nitrogen and oxygen atoms in total. The second kappa shape index (κ2) is 10.1. The Morgan fingerprint density at radius 1 is 0.622 bits per heavy atom. The van der Waals surface area contributed by atoms with Crippen LogP contribution in [-0.2, 0) is 18.6 Å². The Balaban J connectivity index is 1.58. The van der Waals surface area contributed by atoms with E-state index in [-0.39, 0.29) is 36.6 Å². The summed E-state index contributed by atoms with van der Waals surface area (Å²) in [4.78, 5) is 2.43. The molecule has 2 aliphatic rings. The SMILES string of the molecule is CCCCC(C)N(c1ccc(B2OC(C)(C)C(C)(C)O2)cc1)c1ccc(B2OC(C)(C)C(C)(C)O2)cc1. The lowest BCUT2D eigenvalue weighted by Gasteiger charge is -2.32. The number of nitrogens with zero attached hydrogens (tertiary/aromatic N) is 1. The van der Waals surface area contributed by atoms with E-state index in [1.807, 2.05) is 0 Å². The van der Waals surface area contributed by atoms with Crippen LogP contribution in [0.15, 0.2) is 48.5 Å². The molecule has 2 aliphatic heterocycles. The average molecular weight is 505 g/mol. The van der Waals surface area contributed by atoms with Crippen LogP contribution in [0.1, 0.15) is 88.5 Å². The molecule has 1 atom stereocenters. The largest absolute Gasteiger partial charge is 0.494 e. The third-order valence-electron chi connectivity index (χ3n) is 8.81. The van der Waals surface area contributed by atoms with Gasteiger partial charge in [0.05, 0.1) is 22.4 Å². The van der Waals surface area contributed by atoms with Gasteiger partial charge in [-0.1, -0.05) is 44.0 Å². The zero-order valence-electron chi connectivity index (χ0n) is 24.6. The minimum Gasteiger partial charge on any atom is -0.399 e. The van der Waals surface area contributed by atoms with Gasteiger partial charge in [-0.3, -0.25) is 0 Å². The van der Waals surface area contributed by atoms with Crippen molar-refractivity contribution in [3.8, 4) is 0 Å². The standard InChI is InChI=1S/C30H45B2NO4/c1-11-12-13-22(2)33(25-18-14-23(15-19-25)31-34-27(3,4)28(5,6)35-31)26-20-16-24(17-21-26)32-36-29(7,8)30(9,10)37-32/h14-22H,11-13H2,1-10H3. The summed E-state index contributed by atoms with van der Waals surface area (Å²) < 4.78 is 25.1. The molecule has 2 saturated heterocycles. The summed E-state index contributed by atoms with van der Waals surface area (Å²) in [6, 6.07) is 17.6. The fraction of sp³-hybridized carbons (Fsp3) is 0.600. The zero-order valence-corrected chi connectivity index (χ0v) is 24.6. The van der Waals surface area contributed by atoms with Gasteiger partial charge in [-0.05, 0) is 104 Å². The van der Waals surface area contributed by atoms with Gasteiger partial charge < -0.3 is 23.5 Å². The quantitative estimate of drug-likeness (QED) is 0.412. The second-order valence-corrected chi connectivity index (χ2v) is 12.7. The Labute approximate surface area is 225 Å². The van der Waals surface area contributed by atoms with Crippen LogP contribution in [0.5, 0.6) is 0 Å². The van der Waals surface area contributed by atoms with Gasteiger partial charge in [0, 0.05) is 17.4 Å². The number of rotatable bonds is 8. The van der Waals surface area contributed by atoms with E-state index in [0.29, 0.717) is 6.04 Å². The molecule has 4 rings (SSSR count). The summed E-state index contributed by atoms with van der Waals surface area (Å²) >= 11 is 0. The molecule has 1 unspecified atom stereocenters. The molecule has 2 heterocycles. The van der Waals surface area contributed by atoms with Crippen molar-refractivity contribution in [2.45, 2.75) is 117 Å². The molecule has 0 radical (unpaired) electrons. The van der Waals surface area contributed by atoms with E-state index < -0.39 is 0 Å². The first kappa shape index (κ1) is 28.2. The second-order valence-electron chi connectivity index (χ2n) is 12.7. The van der Waals surface area contributed by atoms with Crippen LogP contribution >= 0.6 is 0 Å². The first-order valence-electron chi connectivity index (χ1n) is 13.9. The van der Waals surface area contributed by atoms with Gasteiger partial charge in [-0.2, -0.15) is 0 Å². The summed E-state index contributed by atoms with van der Waals surface area (Å²) in [6.07, 6.45) is 3.49. The highest BCUT2D eigenvalue weighted by Gasteiger charge is 2.52. The van der Waals surface area contributed by atoms with E-state index in [2.05, 4.69) is 123 Å². The van der Waals surface area contributed by atoms with E-state index in [0.717, 1.165) is 28.7 Å². The molecule has 0 aromatic heterocycles. The van der Waals surface area contributed by atoms with Gasteiger partial charge in [0.25, 0.3) is 0 Å². The summed E-state index contributed by atoms with van der Waals surface area (Å²) in [7, 11) is -0.714. The fourth-order valence-corrected chi connectivity index (χ4v) is 4.83. The van der Waals surface area contributed by atoms with Crippen LogP contribution in [0.25, 0.3) is 0 Å². The Morgan fingerprint density at radius 2 is 0.946 bits per heavy atom. The first-order chi connectivity index (χ1) is 17.2. The van der Waals surface area contributed by atoms with Gasteiger partial charge >= 0.3 is 14.2 Å². The van der Waals surface area contributed by atoms with Gasteiger partial charge in [0.2, 0.25) is 0 Å². The van der Waals surface area contributed by atoms with Crippen molar-refractivity contribution in [2.24, 2.45) is 0 Å². The molecule has 7 heteroatoms. The Kier molecular flexibility index (Phi) is 7.68. The molecule has 200 valence electrons.